The second-order valence-corrected chi connectivity index (χ2v) is 12.3. The third-order valence-electron chi connectivity index (χ3n) is 8.47. The molecule has 0 bridgehead atoms. The van der Waals surface area contributed by atoms with Crippen molar-refractivity contribution in [2.75, 3.05) is 13.1 Å². The molecule has 0 saturated carbocycles. The van der Waals surface area contributed by atoms with E-state index in [1.807, 2.05) is 60.4 Å². The highest BCUT2D eigenvalue weighted by molar-refractivity contribution is 6.31. The van der Waals surface area contributed by atoms with Gasteiger partial charge in [-0.1, -0.05) is 78.3 Å². The molecule has 2 amide bonds. The Bertz CT molecular complexity index is 1700. The lowest BCUT2D eigenvalue weighted by molar-refractivity contribution is -0.137. The van der Waals surface area contributed by atoms with Gasteiger partial charge in [0.05, 0.1) is 23.8 Å². The van der Waals surface area contributed by atoms with Gasteiger partial charge >= 0.3 is 6.18 Å². The number of rotatable bonds is 11. The number of carbonyl (C=O) groups excluding carboxylic acids is 2. The normalized spacial score (nSPS) is 16.1. The van der Waals surface area contributed by atoms with Crippen LogP contribution in [0, 0.1) is 6.92 Å². The number of alkyl halides is 3. The van der Waals surface area contributed by atoms with Gasteiger partial charge < -0.3 is 20.6 Å². The van der Waals surface area contributed by atoms with Crippen LogP contribution in [0.2, 0.25) is 5.02 Å². The highest BCUT2D eigenvalue weighted by Gasteiger charge is 2.32. The quantitative estimate of drug-likeness (QED) is 0.159. The Kier molecular flexibility index (Phi) is 11.0. The first kappa shape index (κ1) is 34.2. The smallest absolute Gasteiger partial charge is 0.390 e. The van der Waals surface area contributed by atoms with Crippen molar-refractivity contribution in [2.24, 2.45) is 0 Å². The van der Waals surface area contributed by atoms with Crippen LogP contribution in [-0.2, 0) is 19.1 Å². The topological polar surface area (TPSA) is 81.7 Å². The van der Waals surface area contributed by atoms with Gasteiger partial charge in [-0.2, -0.15) is 13.2 Å². The van der Waals surface area contributed by atoms with Crippen LogP contribution in [0.5, 0.6) is 0 Å². The zero-order chi connectivity index (χ0) is 33.6. The minimum absolute atomic E-state index is 0.0209. The molecular weight excluding hydrogens is 627 g/mol. The molecule has 4 aromatic carbocycles. The van der Waals surface area contributed by atoms with Crippen LogP contribution in [0.3, 0.4) is 0 Å². The Morgan fingerprint density at radius 1 is 0.936 bits per heavy atom. The number of carbonyl (C=O) groups is 2. The lowest BCUT2D eigenvalue weighted by Gasteiger charge is -2.26. The standard InChI is InChI=1S/C37H37ClF3N3O3/c1-24-18-27(15-16-31(24)38)33-14-7-17-44(33)36(47)29-12-6-11-28(21-29)35(46)43-32(20-25-8-3-2-4-9-25)34(45)23-42-22-26-10-5-13-30(19-26)37(39,40)41/h2-6,8-13,15-16,18-19,21,32-34,42,45H,7,14,17,20,22-23H2,1H3,(H,43,46). The number of nitrogens with zero attached hydrogens (tertiary/aromatic N) is 1. The first-order chi connectivity index (χ1) is 22.5. The number of halogens is 4. The summed E-state index contributed by atoms with van der Waals surface area (Å²) in [7, 11) is 0. The second kappa shape index (κ2) is 15.2. The molecule has 1 aliphatic rings. The number of aliphatic hydroxyl groups excluding tert-OH is 1. The Morgan fingerprint density at radius 2 is 1.66 bits per heavy atom. The van der Waals surface area contributed by atoms with Gasteiger partial charge in [0.2, 0.25) is 0 Å². The van der Waals surface area contributed by atoms with Crippen LogP contribution < -0.4 is 10.6 Å². The van der Waals surface area contributed by atoms with E-state index in [1.54, 1.807) is 30.3 Å². The summed E-state index contributed by atoms with van der Waals surface area (Å²) < 4.78 is 39.4. The minimum Gasteiger partial charge on any atom is -0.390 e. The van der Waals surface area contributed by atoms with Gasteiger partial charge in [-0.3, -0.25) is 9.59 Å². The average molecular weight is 664 g/mol. The van der Waals surface area contributed by atoms with Crippen LogP contribution >= 0.6 is 11.6 Å². The number of nitrogens with one attached hydrogen (secondary N) is 2. The summed E-state index contributed by atoms with van der Waals surface area (Å²) in [6.07, 6.45) is -3.52. The fourth-order valence-corrected chi connectivity index (χ4v) is 6.08. The summed E-state index contributed by atoms with van der Waals surface area (Å²) in [6.45, 7) is 2.65. The number of likely N-dealkylation sites (tertiary alicyclic amines) is 1. The molecule has 0 spiro atoms. The molecule has 1 fully saturated rings. The third-order valence-corrected chi connectivity index (χ3v) is 8.89. The van der Waals surface area contributed by atoms with Crippen molar-refractivity contribution >= 4 is 23.4 Å². The molecule has 1 saturated heterocycles. The largest absolute Gasteiger partial charge is 0.416 e. The SMILES string of the molecule is Cc1cc(C2CCCN2C(=O)c2cccc(C(=O)NC(Cc3ccccc3)C(O)CNCc3cccc(C(F)(F)F)c3)c2)ccc1Cl. The molecule has 1 aliphatic heterocycles. The maximum Gasteiger partial charge on any atom is 0.416 e. The first-order valence-corrected chi connectivity index (χ1v) is 15.9. The zero-order valence-corrected chi connectivity index (χ0v) is 26.7. The van der Waals surface area contributed by atoms with Crippen molar-refractivity contribution < 1.29 is 27.9 Å². The van der Waals surface area contributed by atoms with E-state index in [0.717, 1.165) is 41.7 Å². The van der Waals surface area contributed by atoms with Crippen molar-refractivity contribution in [1.82, 2.24) is 15.5 Å². The molecule has 0 radical (unpaired) electrons. The van der Waals surface area contributed by atoms with Crippen LogP contribution in [0.1, 0.15) is 67.4 Å². The number of aryl methyl sites for hydroxylation is 1. The summed E-state index contributed by atoms with van der Waals surface area (Å²) in [6, 6.07) is 25.9. The number of hydrogen-bond donors (Lipinski definition) is 3. The van der Waals surface area contributed by atoms with Crippen LogP contribution in [0.15, 0.2) is 97.1 Å². The molecular formula is C37H37ClF3N3O3. The summed E-state index contributed by atoms with van der Waals surface area (Å²) in [4.78, 5) is 29.1. The number of benzene rings is 4. The monoisotopic (exact) mass is 663 g/mol. The summed E-state index contributed by atoms with van der Waals surface area (Å²) in [5.74, 6) is -0.627. The average Bonchev–Trinajstić information content (AvgIpc) is 3.56. The molecule has 0 aromatic heterocycles. The predicted molar refractivity (Wildman–Crippen MR) is 176 cm³/mol. The van der Waals surface area contributed by atoms with Crippen LogP contribution in [0.25, 0.3) is 0 Å². The van der Waals surface area contributed by atoms with Gasteiger partial charge in [0.1, 0.15) is 0 Å². The molecule has 4 aromatic rings. The number of amides is 2. The Labute approximate surface area is 277 Å². The Hall–Kier alpha value is -4.18. The van der Waals surface area contributed by atoms with E-state index in [-0.39, 0.29) is 30.6 Å². The van der Waals surface area contributed by atoms with E-state index < -0.39 is 29.8 Å². The number of aliphatic hydroxyl groups is 1. The predicted octanol–water partition coefficient (Wildman–Crippen LogP) is 7.14. The fourth-order valence-electron chi connectivity index (χ4n) is 5.96. The van der Waals surface area contributed by atoms with E-state index in [1.165, 1.54) is 6.07 Å². The molecule has 5 rings (SSSR count). The maximum absolute atomic E-state index is 13.7. The Morgan fingerprint density at radius 3 is 2.40 bits per heavy atom. The lowest BCUT2D eigenvalue weighted by atomic mass is 9.99. The molecule has 6 nitrogen and oxygen atoms in total. The molecule has 47 heavy (non-hydrogen) atoms. The molecule has 0 aliphatic carbocycles. The van der Waals surface area contributed by atoms with E-state index in [0.29, 0.717) is 29.1 Å². The minimum atomic E-state index is -4.45. The molecule has 10 heteroatoms. The number of hydrogen-bond acceptors (Lipinski definition) is 4. The fraction of sp³-hybridized carbons (Fsp3) is 0.297. The van der Waals surface area contributed by atoms with Crippen LogP contribution in [0.4, 0.5) is 13.2 Å². The van der Waals surface area contributed by atoms with Crippen LogP contribution in [-0.4, -0.2) is 47.1 Å². The molecule has 1 heterocycles. The van der Waals surface area contributed by atoms with Gasteiger partial charge in [-0.25, -0.2) is 0 Å². The Balaban J connectivity index is 1.27. The van der Waals surface area contributed by atoms with Gasteiger partial charge in [-0.05, 0) is 78.8 Å². The van der Waals surface area contributed by atoms with Gasteiger partial charge in [0, 0.05) is 35.8 Å². The maximum atomic E-state index is 13.7. The lowest BCUT2D eigenvalue weighted by Crippen LogP contribution is -2.48. The molecule has 3 N–H and O–H groups in total. The second-order valence-electron chi connectivity index (χ2n) is 11.9. The molecule has 3 unspecified atom stereocenters. The van der Waals surface area contributed by atoms with E-state index in [2.05, 4.69) is 10.6 Å². The van der Waals surface area contributed by atoms with E-state index in [4.69, 9.17) is 11.6 Å². The van der Waals surface area contributed by atoms with Crippen molar-refractivity contribution in [2.45, 2.75) is 57.1 Å². The van der Waals surface area contributed by atoms with Gasteiger partial charge in [-0.15, -0.1) is 0 Å². The zero-order valence-electron chi connectivity index (χ0n) is 25.9. The highest BCUT2D eigenvalue weighted by atomic mass is 35.5. The summed E-state index contributed by atoms with van der Waals surface area (Å²) in [5, 5.41) is 17.8. The first-order valence-electron chi connectivity index (χ1n) is 15.6. The molecule has 246 valence electrons. The highest BCUT2D eigenvalue weighted by Crippen LogP contribution is 2.35. The third kappa shape index (κ3) is 8.80. The van der Waals surface area contributed by atoms with Gasteiger partial charge in [0.15, 0.2) is 0 Å². The van der Waals surface area contributed by atoms with Crippen molar-refractivity contribution in [3.05, 3.63) is 141 Å². The van der Waals surface area contributed by atoms with Crippen molar-refractivity contribution in [1.29, 1.82) is 0 Å². The molecule has 3 atom stereocenters. The van der Waals surface area contributed by atoms with Crippen molar-refractivity contribution in [3.8, 4) is 0 Å². The van der Waals surface area contributed by atoms with Gasteiger partial charge in [0.25, 0.3) is 11.8 Å². The summed E-state index contributed by atoms with van der Waals surface area (Å²) in [5.41, 5.74) is 3.19. The summed E-state index contributed by atoms with van der Waals surface area (Å²) >= 11 is 6.23. The van der Waals surface area contributed by atoms with E-state index in [9.17, 15) is 27.9 Å². The van der Waals surface area contributed by atoms with E-state index >= 15 is 0 Å². The van der Waals surface area contributed by atoms with Crippen molar-refractivity contribution in [3.63, 3.8) is 0 Å².